The Balaban J connectivity index is 4.56. The molecule has 1 N–H and O–H groups in total. The van der Waals surface area contributed by atoms with Crippen LogP contribution in [0.1, 0.15) is 13.8 Å². The van der Waals surface area contributed by atoms with Crippen molar-refractivity contribution < 1.29 is 31.4 Å². The van der Waals surface area contributed by atoms with Gasteiger partial charge in [-0.15, -0.1) is 0 Å². The van der Waals surface area contributed by atoms with Crippen LogP contribution in [0.15, 0.2) is 0 Å². The Labute approximate surface area is 105 Å². The molecule has 5 nitrogen and oxygen atoms in total. The maximum Gasteiger partial charge on any atom is 0.402 e. The maximum atomic E-state index is 12.2. The quantitative estimate of drug-likeness (QED) is 0.711. The third-order valence-electron chi connectivity index (χ3n) is 1.89. The first-order valence-corrected chi connectivity index (χ1v) is 6.96. The Hall–Kier alpha value is -0.380. The van der Waals surface area contributed by atoms with E-state index < -0.39 is 41.6 Å². The monoisotopic (exact) mass is 293 g/mol. The molecule has 0 aromatic carbocycles. The molecule has 9 heteroatoms. The van der Waals surface area contributed by atoms with Crippen LogP contribution < -0.4 is 0 Å². The molecule has 0 rings (SSSR count). The van der Waals surface area contributed by atoms with Crippen molar-refractivity contribution in [3.8, 4) is 0 Å². The van der Waals surface area contributed by atoms with Gasteiger partial charge in [0.15, 0.2) is 0 Å². The minimum atomic E-state index is -4.64. The Morgan fingerprint density at radius 3 is 2.28 bits per heavy atom. The van der Waals surface area contributed by atoms with E-state index in [1.54, 1.807) is 13.8 Å². The molecule has 0 saturated carbocycles. The van der Waals surface area contributed by atoms with Crippen LogP contribution in [0.25, 0.3) is 0 Å². The molecular formula is C9H18F3NO4S. The summed E-state index contributed by atoms with van der Waals surface area (Å²) in [5.74, 6) is -0.540. The molecular weight excluding hydrogens is 275 g/mol. The molecule has 0 amide bonds. The van der Waals surface area contributed by atoms with Gasteiger partial charge in [-0.3, -0.25) is 0 Å². The number of halogens is 3. The van der Waals surface area contributed by atoms with Crippen molar-refractivity contribution >= 4 is 10.0 Å². The third-order valence-corrected chi connectivity index (χ3v) is 3.67. The summed E-state index contributed by atoms with van der Waals surface area (Å²) in [5, 5.41) is 8.61. The molecule has 0 aliphatic heterocycles. The van der Waals surface area contributed by atoms with Crippen molar-refractivity contribution in [1.82, 2.24) is 4.31 Å². The van der Waals surface area contributed by atoms with Gasteiger partial charge in [-0.2, -0.15) is 17.5 Å². The van der Waals surface area contributed by atoms with E-state index in [-0.39, 0.29) is 17.0 Å². The maximum absolute atomic E-state index is 12.2. The molecule has 0 fully saturated rings. The van der Waals surface area contributed by atoms with Gasteiger partial charge in [0, 0.05) is 6.54 Å². The van der Waals surface area contributed by atoms with Crippen molar-refractivity contribution in [1.29, 1.82) is 0 Å². The zero-order valence-corrected chi connectivity index (χ0v) is 11.1. The van der Waals surface area contributed by atoms with E-state index in [0.717, 1.165) is 0 Å². The van der Waals surface area contributed by atoms with Crippen LogP contribution in [0.4, 0.5) is 13.2 Å². The highest BCUT2D eigenvalue weighted by molar-refractivity contribution is 7.89. The topological polar surface area (TPSA) is 66.8 Å². The number of rotatable bonds is 8. The normalized spacial score (nSPS) is 13.6. The van der Waals surface area contributed by atoms with Crippen molar-refractivity contribution in [3.63, 3.8) is 0 Å². The van der Waals surface area contributed by atoms with Crippen LogP contribution in [-0.4, -0.2) is 62.2 Å². The molecule has 0 aliphatic carbocycles. The summed E-state index contributed by atoms with van der Waals surface area (Å²) in [6.45, 7) is 0.350. The molecule has 0 aliphatic rings. The largest absolute Gasteiger partial charge is 0.402 e. The molecule has 0 atom stereocenters. The smallest absolute Gasteiger partial charge is 0.395 e. The first kappa shape index (κ1) is 17.6. The summed E-state index contributed by atoms with van der Waals surface area (Å²) in [4.78, 5) is 0. The van der Waals surface area contributed by atoms with Crippen molar-refractivity contribution in [2.24, 2.45) is 0 Å². The number of sulfonamides is 1. The van der Waals surface area contributed by atoms with Gasteiger partial charge >= 0.3 is 6.18 Å². The van der Waals surface area contributed by atoms with Crippen LogP contribution in [0.2, 0.25) is 0 Å². The molecule has 0 spiro atoms. The average molecular weight is 293 g/mol. The standard InChI is InChI=1S/C9H18F3NO4S/c1-8(2)17-5-6-18(15,16)13(3-4-14)7-9(10,11)12/h8,14H,3-7H2,1-2H3. The summed E-state index contributed by atoms with van der Waals surface area (Å²) < 4.78 is 65.0. The average Bonchev–Trinajstić information content (AvgIpc) is 2.14. The highest BCUT2D eigenvalue weighted by Gasteiger charge is 2.35. The summed E-state index contributed by atoms with van der Waals surface area (Å²) >= 11 is 0. The van der Waals surface area contributed by atoms with Crippen LogP contribution >= 0.6 is 0 Å². The third kappa shape index (κ3) is 7.85. The van der Waals surface area contributed by atoms with Crippen LogP contribution in [0.3, 0.4) is 0 Å². The SMILES string of the molecule is CC(C)OCCS(=O)(=O)N(CCO)CC(F)(F)F. The van der Waals surface area contributed by atoms with E-state index in [9.17, 15) is 21.6 Å². The Bertz CT molecular complexity index is 329. The Kier molecular flexibility index (Phi) is 7.11. The highest BCUT2D eigenvalue weighted by atomic mass is 32.2. The molecule has 18 heavy (non-hydrogen) atoms. The summed E-state index contributed by atoms with van der Waals surface area (Å²) in [6, 6.07) is 0. The molecule has 0 aromatic heterocycles. The van der Waals surface area contributed by atoms with Crippen LogP contribution in [0.5, 0.6) is 0 Å². The van der Waals surface area contributed by atoms with E-state index in [2.05, 4.69) is 0 Å². The second-order valence-corrected chi connectivity index (χ2v) is 6.00. The predicted octanol–water partition coefficient (Wildman–Crippen LogP) is 0.598. The minimum Gasteiger partial charge on any atom is -0.395 e. The Morgan fingerprint density at radius 1 is 1.33 bits per heavy atom. The lowest BCUT2D eigenvalue weighted by atomic mass is 10.5. The van der Waals surface area contributed by atoms with E-state index in [4.69, 9.17) is 9.84 Å². The van der Waals surface area contributed by atoms with Gasteiger partial charge in [0.05, 0.1) is 25.1 Å². The van der Waals surface area contributed by atoms with Gasteiger partial charge in [0.1, 0.15) is 6.54 Å². The lowest BCUT2D eigenvalue weighted by Crippen LogP contribution is -2.42. The van der Waals surface area contributed by atoms with Crippen molar-refractivity contribution in [2.75, 3.05) is 32.1 Å². The van der Waals surface area contributed by atoms with Crippen molar-refractivity contribution in [2.45, 2.75) is 26.1 Å². The predicted molar refractivity (Wildman–Crippen MR) is 59.6 cm³/mol. The van der Waals surface area contributed by atoms with Gasteiger partial charge < -0.3 is 9.84 Å². The van der Waals surface area contributed by atoms with Gasteiger partial charge in [-0.25, -0.2) is 8.42 Å². The molecule has 110 valence electrons. The number of hydrogen-bond donors (Lipinski definition) is 1. The lowest BCUT2D eigenvalue weighted by Gasteiger charge is -2.22. The molecule has 0 radical (unpaired) electrons. The van der Waals surface area contributed by atoms with E-state index >= 15 is 0 Å². The molecule has 0 saturated heterocycles. The van der Waals surface area contributed by atoms with E-state index in [1.165, 1.54) is 0 Å². The van der Waals surface area contributed by atoms with Crippen LogP contribution in [-0.2, 0) is 14.8 Å². The van der Waals surface area contributed by atoms with E-state index in [1.807, 2.05) is 0 Å². The molecule has 0 aromatic rings. The van der Waals surface area contributed by atoms with Crippen LogP contribution in [0, 0.1) is 0 Å². The zero-order chi connectivity index (χ0) is 14.4. The lowest BCUT2D eigenvalue weighted by molar-refractivity contribution is -0.136. The molecule has 0 bridgehead atoms. The summed E-state index contributed by atoms with van der Waals surface area (Å²) in [5.41, 5.74) is 0. The number of aliphatic hydroxyl groups is 1. The first-order chi connectivity index (χ1) is 8.08. The number of aliphatic hydroxyl groups excluding tert-OH is 1. The van der Waals surface area contributed by atoms with Gasteiger partial charge in [0.25, 0.3) is 0 Å². The Morgan fingerprint density at radius 2 is 1.89 bits per heavy atom. The van der Waals surface area contributed by atoms with Gasteiger partial charge in [0.2, 0.25) is 10.0 Å². The van der Waals surface area contributed by atoms with Crippen molar-refractivity contribution in [3.05, 3.63) is 0 Å². The number of alkyl halides is 3. The minimum absolute atomic E-state index is 0.181. The molecule has 0 unspecified atom stereocenters. The van der Waals surface area contributed by atoms with E-state index in [0.29, 0.717) is 0 Å². The first-order valence-electron chi connectivity index (χ1n) is 5.35. The van der Waals surface area contributed by atoms with Gasteiger partial charge in [-0.05, 0) is 13.8 Å². The number of nitrogens with zero attached hydrogens (tertiary/aromatic N) is 1. The zero-order valence-electron chi connectivity index (χ0n) is 10.3. The molecule has 0 heterocycles. The second kappa shape index (κ2) is 7.27. The fourth-order valence-electron chi connectivity index (χ4n) is 1.15. The number of ether oxygens (including phenoxy) is 1. The highest BCUT2D eigenvalue weighted by Crippen LogP contribution is 2.18. The number of hydrogen-bond acceptors (Lipinski definition) is 4. The fraction of sp³-hybridized carbons (Fsp3) is 1.00. The second-order valence-electron chi connectivity index (χ2n) is 3.91. The fourth-order valence-corrected chi connectivity index (χ4v) is 2.41. The summed E-state index contributed by atoms with van der Waals surface area (Å²) in [6.07, 6.45) is -4.84. The summed E-state index contributed by atoms with van der Waals surface area (Å²) in [7, 11) is -4.09. The van der Waals surface area contributed by atoms with Gasteiger partial charge in [-0.1, -0.05) is 0 Å².